The summed E-state index contributed by atoms with van der Waals surface area (Å²) in [7, 11) is 3.35. The Hall–Kier alpha value is -5.88. The zero-order valence-electron chi connectivity index (χ0n) is 29.5. The van der Waals surface area contributed by atoms with E-state index in [2.05, 4.69) is 55.0 Å². The molecule has 2 unspecified atom stereocenters. The number of amides is 8. The van der Waals surface area contributed by atoms with Gasteiger partial charge in [0.2, 0.25) is 11.8 Å². The minimum absolute atomic E-state index is 0.125. The van der Waals surface area contributed by atoms with Crippen molar-refractivity contribution in [3.63, 3.8) is 0 Å². The van der Waals surface area contributed by atoms with Gasteiger partial charge < -0.3 is 31.9 Å². The first-order valence-corrected chi connectivity index (χ1v) is 19.0. The highest BCUT2D eigenvalue weighted by Crippen LogP contribution is 2.44. The van der Waals surface area contributed by atoms with Gasteiger partial charge in [0.15, 0.2) is 0 Å². The molecule has 18 heteroatoms. The highest BCUT2D eigenvalue weighted by atomic mass is 32.1. The molecule has 2 fully saturated rings. The molecular formula is C36H38N10O6S2. The van der Waals surface area contributed by atoms with Crippen LogP contribution in [0.3, 0.4) is 0 Å². The summed E-state index contributed by atoms with van der Waals surface area (Å²) in [5.41, 5.74) is 2.46. The molecule has 16 nitrogen and oxygen atoms in total. The summed E-state index contributed by atoms with van der Waals surface area (Å²) in [5.74, 6) is -1.04. The molecule has 4 aliphatic rings. The maximum absolute atomic E-state index is 12.9. The number of hydrogen-bond donors (Lipinski definition) is 6. The van der Waals surface area contributed by atoms with Crippen LogP contribution in [-0.2, 0) is 9.59 Å². The maximum Gasteiger partial charge on any atom is 0.326 e. The van der Waals surface area contributed by atoms with Gasteiger partial charge in [-0.1, -0.05) is 13.2 Å². The molecule has 2 aliphatic carbocycles. The number of carbonyl (C=O) groups is 6. The molecule has 2 aliphatic heterocycles. The highest BCUT2D eigenvalue weighted by Gasteiger charge is 2.35. The van der Waals surface area contributed by atoms with E-state index in [9.17, 15) is 28.8 Å². The van der Waals surface area contributed by atoms with Crippen molar-refractivity contribution in [1.29, 1.82) is 0 Å². The van der Waals surface area contributed by atoms with E-state index in [1.165, 1.54) is 44.6 Å². The van der Waals surface area contributed by atoms with Gasteiger partial charge in [-0.15, -0.1) is 22.7 Å². The van der Waals surface area contributed by atoms with E-state index >= 15 is 0 Å². The molecule has 0 saturated heterocycles. The van der Waals surface area contributed by atoms with Crippen molar-refractivity contribution in [3.05, 3.63) is 59.6 Å². The lowest BCUT2D eigenvalue weighted by atomic mass is 10.1. The van der Waals surface area contributed by atoms with Crippen LogP contribution in [0.15, 0.2) is 49.8 Å². The molecular weight excluding hydrogens is 733 g/mol. The number of rotatable bonds is 8. The summed E-state index contributed by atoms with van der Waals surface area (Å²) in [5, 5.41) is 18.9. The van der Waals surface area contributed by atoms with Crippen molar-refractivity contribution in [2.24, 2.45) is 0 Å². The van der Waals surface area contributed by atoms with E-state index < -0.39 is 0 Å². The van der Waals surface area contributed by atoms with Gasteiger partial charge in [0.05, 0.1) is 33.5 Å². The summed E-state index contributed by atoms with van der Waals surface area (Å²) in [6.07, 6.45) is 10.7. The van der Waals surface area contributed by atoms with Gasteiger partial charge in [-0.3, -0.25) is 29.0 Å². The molecule has 8 amide bonds. The number of thiophene rings is 2. The summed E-state index contributed by atoms with van der Waals surface area (Å²) in [4.78, 5) is 87.5. The minimum atomic E-state index is -0.292. The maximum atomic E-state index is 12.9. The van der Waals surface area contributed by atoms with Crippen molar-refractivity contribution in [2.45, 2.75) is 62.7 Å². The van der Waals surface area contributed by atoms with Crippen LogP contribution in [0.25, 0.3) is 20.4 Å². The third-order valence-electron chi connectivity index (χ3n) is 10.0. The zero-order valence-corrected chi connectivity index (χ0v) is 31.1. The van der Waals surface area contributed by atoms with Gasteiger partial charge >= 0.3 is 12.1 Å². The van der Waals surface area contributed by atoms with Gasteiger partial charge in [-0.25, -0.2) is 19.6 Å². The van der Waals surface area contributed by atoms with Crippen molar-refractivity contribution in [3.8, 4) is 0 Å². The number of carbonyl (C=O) groups excluding carboxylic acids is 6. The monoisotopic (exact) mass is 770 g/mol. The van der Waals surface area contributed by atoms with Gasteiger partial charge in [0.25, 0.3) is 11.8 Å². The van der Waals surface area contributed by atoms with E-state index in [-0.39, 0.29) is 59.9 Å². The average Bonchev–Trinajstić information content (AvgIpc) is 3.97. The Bertz CT molecular complexity index is 2090. The Labute approximate surface area is 317 Å². The third-order valence-corrected chi connectivity index (χ3v) is 12.2. The smallest absolute Gasteiger partial charge is 0.326 e. The van der Waals surface area contributed by atoms with Crippen molar-refractivity contribution >= 4 is 102 Å². The first-order valence-electron chi connectivity index (χ1n) is 17.4. The molecule has 0 radical (unpaired) electrons. The van der Waals surface area contributed by atoms with Crippen molar-refractivity contribution in [1.82, 2.24) is 31.2 Å². The number of nitrogens with zero attached hydrogens (tertiary/aromatic N) is 4. The van der Waals surface area contributed by atoms with Gasteiger partial charge in [-0.2, -0.15) is 0 Å². The first kappa shape index (κ1) is 36.5. The second-order valence-corrected chi connectivity index (χ2v) is 15.3. The van der Waals surface area contributed by atoms with Crippen LogP contribution in [0.5, 0.6) is 0 Å². The predicted octanol–water partition coefficient (Wildman–Crippen LogP) is 4.46. The Kier molecular flexibility index (Phi) is 10.0. The van der Waals surface area contributed by atoms with Crippen LogP contribution in [0.2, 0.25) is 0 Å². The van der Waals surface area contributed by atoms with E-state index in [0.717, 1.165) is 60.7 Å². The molecule has 4 aromatic rings. The third kappa shape index (κ3) is 6.73. The fourth-order valence-corrected chi connectivity index (χ4v) is 9.34. The summed E-state index contributed by atoms with van der Waals surface area (Å²) >= 11 is 2.50. The molecule has 280 valence electrons. The molecule has 54 heavy (non-hydrogen) atoms. The summed E-state index contributed by atoms with van der Waals surface area (Å²) in [6, 6.07) is 2.37. The van der Waals surface area contributed by atoms with Crippen LogP contribution in [0, 0.1) is 0 Å². The van der Waals surface area contributed by atoms with Crippen LogP contribution < -0.4 is 41.7 Å². The molecule has 2 saturated carbocycles. The average molecular weight is 771 g/mol. The molecule has 8 rings (SSSR count). The fraction of sp³-hybridized carbons (Fsp3) is 0.333. The second kappa shape index (κ2) is 14.9. The lowest BCUT2D eigenvalue weighted by Crippen LogP contribution is -2.48. The van der Waals surface area contributed by atoms with Crippen LogP contribution >= 0.6 is 22.7 Å². The fourth-order valence-electron chi connectivity index (χ4n) is 7.29. The molecule has 0 spiro atoms. The molecule has 4 atom stereocenters. The van der Waals surface area contributed by atoms with E-state index in [1.54, 1.807) is 38.6 Å². The second-order valence-electron chi connectivity index (χ2n) is 13.3. The normalized spacial score (nSPS) is 21.1. The number of urea groups is 2. The Morgan fingerprint density at radius 2 is 1.06 bits per heavy atom. The van der Waals surface area contributed by atoms with Crippen LogP contribution in [0.1, 0.15) is 57.9 Å². The predicted molar refractivity (Wildman–Crippen MR) is 209 cm³/mol. The molecule has 6 heterocycles. The first-order chi connectivity index (χ1) is 26.0. The number of hydrogen-bond acceptors (Lipinski definition) is 10. The SMILES string of the molecule is C=CC(=O)NC1CCCC1NC(=O)c1sc2nccc3c2c1NC(=O)N3C.C=CC(=O)N[C@@H]1CCC[C@@H]1NC(=O)c1sc2nccc3c2c1NC(=O)N3C. The molecule has 4 aromatic heterocycles. The van der Waals surface area contributed by atoms with E-state index in [4.69, 9.17) is 0 Å². The highest BCUT2D eigenvalue weighted by molar-refractivity contribution is 7.21. The van der Waals surface area contributed by atoms with Crippen LogP contribution in [0.4, 0.5) is 32.3 Å². The summed E-state index contributed by atoms with van der Waals surface area (Å²) < 4.78 is 0. The minimum Gasteiger partial charge on any atom is -0.348 e. The van der Waals surface area contributed by atoms with Crippen LogP contribution in [-0.4, -0.2) is 83.9 Å². The van der Waals surface area contributed by atoms with Gasteiger partial charge in [0, 0.05) is 50.7 Å². The Morgan fingerprint density at radius 3 is 1.43 bits per heavy atom. The lowest BCUT2D eigenvalue weighted by molar-refractivity contribution is -0.118. The number of pyridine rings is 2. The number of anilines is 4. The quantitative estimate of drug-likeness (QED) is 0.141. The largest absolute Gasteiger partial charge is 0.348 e. The lowest BCUT2D eigenvalue weighted by Gasteiger charge is -2.25. The Morgan fingerprint density at radius 1 is 0.685 bits per heavy atom. The topological polar surface area (TPSA) is 207 Å². The van der Waals surface area contributed by atoms with Gasteiger partial charge in [0.1, 0.15) is 19.4 Å². The van der Waals surface area contributed by atoms with Crippen molar-refractivity contribution in [2.75, 3.05) is 34.5 Å². The standard InChI is InChI=1S/2C18H19N5O3S/c2*1-3-12(24)20-9-5-4-6-10(9)21-16(25)15-14-13-11(23(2)18(26)22-14)7-8-19-17(13)27-15/h2*3,7-10H,1,4-6H2,2H3,(H,20,24)(H,21,25)(H,22,26)/t9-,10+;/m1./s1. The number of aromatic nitrogens is 2. The van der Waals surface area contributed by atoms with Gasteiger partial charge in [-0.05, 0) is 62.8 Å². The number of nitrogens with one attached hydrogen (secondary N) is 6. The molecule has 6 N–H and O–H groups in total. The molecule has 0 aromatic carbocycles. The summed E-state index contributed by atoms with van der Waals surface area (Å²) in [6.45, 7) is 6.92. The Balaban J connectivity index is 0.000000167. The van der Waals surface area contributed by atoms with Crippen molar-refractivity contribution < 1.29 is 28.8 Å². The molecule has 0 bridgehead atoms. The zero-order chi connectivity index (χ0) is 38.3. The van der Waals surface area contributed by atoms with E-state index in [1.807, 2.05) is 0 Å². The van der Waals surface area contributed by atoms with E-state index in [0.29, 0.717) is 30.8 Å².